The second kappa shape index (κ2) is 8.77. The number of halogens is 5. The van der Waals surface area contributed by atoms with Crippen LogP contribution in [0.15, 0.2) is 38.4 Å². The Bertz CT molecular complexity index is 500. The van der Waals surface area contributed by atoms with Crippen molar-refractivity contribution in [3.8, 4) is 0 Å². The Morgan fingerprint density at radius 2 is 1.86 bits per heavy atom. The molecule has 1 rings (SSSR count). The summed E-state index contributed by atoms with van der Waals surface area (Å²) in [4.78, 5) is 11.8. The van der Waals surface area contributed by atoms with E-state index in [1.165, 1.54) is 0 Å². The maximum absolute atomic E-state index is 12.1. The van der Waals surface area contributed by atoms with Crippen LogP contribution in [0, 0.1) is 0 Å². The molecule has 2 nitrogen and oxygen atoms in total. The molecular formula is C14H14BrF3INO. The Kier molecular flexibility index (Phi) is 7.72. The molecule has 0 fully saturated rings. The van der Waals surface area contributed by atoms with Crippen molar-refractivity contribution in [3.63, 3.8) is 0 Å². The molecule has 0 radical (unpaired) electrons. The van der Waals surface area contributed by atoms with E-state index in [0.29, 0.717) is 37.4 Å². The number of hydrogen-bond acceptors (Lipinski definition) is 1. The molecule has 7 heteroatoms. The molecule has 21 heavy (non-hydrogen) atoms. The average Bonchev–Trinajstić information content (AvgIpc) is 2.36. The number of carbonyl (C=O) groups excluding carboxylic acids is 1. The van der Waals surface area contributed by atoms with Gasteiger partial charge in [-0.15, -0.1) is 0 Å². The van der Waals surface area contributed by atoms with Crippen LogP contribution < -0.4 is 5.32 Å². The van der Waals surface area contributed by atoms with E-state index >= 15 is 0 Å². The topological polar surface area (TPSA) is 29.1 Å². The molecule has 0 aliphatic heterocycles. The van der Waals surface area contributed by atoms with Crippen molar-refractivity contribution >= 4 is 44.4 Å². The van der Waals surface area contributed by atoms with Crippen LogP contribution in [0.3, 0.4) is 0 Å². The lowest BCUT2D eigenvalue weighted by Crippen LogP contribution is -2.24. The lowest BCUT2D eigenvalue weighted by atomic mass is 10.2. The first kappa shape index (κ1) is 18.5. The van der Waals surface area contributed by atoms with Crippen molar-refractivity contribution < 1.29 is 18.0 Å². The largest absolute Gasteiger partial charge is 0.410 e. The van der Waals surface area contributed by atoms with Crippen molar-refractivity contribution in [2.45, 2.75) is 25.4 Å². The number of allylic oxidation sites excluding steroid dienone is 2. The first-order valence-electron chi connectivity index (χ1n) is 6.25. The van der Waals surface area contributed by atoms with Gasteiger partial charge in [-0.05, 0) is 69.7 Å². The molecule has 0 unspecified atom stereocenters. The van der Waals surface area contributed by atoms with Gasteiger partial charge in [0.1, 0.15) is 0 Å². The highest BCUT2D eigenvalue weighted by atomic mass is 127. The second-order valence-corrected chi connectivity index (χ2v) is 6.65. The standard InChI is InChI=1S/C14H14BrF3INO/c15-11-6-4-10(5-7-11)13(21)20-8-2-1-3-12(19)9-14(16,17)18/h4-7,9H,1-3,8H2,(H,20,21). The number of nitrogens with one attached hydrogen (secondary N) is 1. The summed E-state index contributed by atoms with van der Waals surface area (Å²) in [7, 11) is 0. The number of amides is 1. The van der Waals surface area contributed by atoms with Crippen LogP contribution in [-0.2, 0) is 0 Å². The number of hydrogen-bond donors (Lipinski definition) is 1. The van der Waals surface area contributed by atoms with E-state index in [0.717, 1.165) is 4.47 Å². The summed E-state index contributed by atoms with van der Waals surface area (Å²) in [5, 5.41) is 2.74. The van der Waals surface area contributed by atoms with Gasteiger partial charge in [0.2, 0.25) is 0 Å². The molecule has 0 heterocycles. The summed E-state index contributed by atoms with van der Waals surface area (Å²) < 4.78 is 37.4. The lowest BCUT2D eigenvalue weighted by molar-refractivity contribution is -0.0801. The second-order valence-electron chi connectivity index (χ2n) is 4.35. The summed E-state index contributed by atoms with van der Waals surface area (Å²) in [5.41, 5.74) is 0.560. The molecule has 1 N–H and O–H groups in total. The smallest absolute Gasteiger partial charge is 0.352 e. The first-order chi connectivity index (χ1) is 9.78. The average molecular weight is 476 g/mol. The molecule has 0 aromatic heterocycles. The molecule has 116 valence electrons. The number of unbranched alkanes of at least 4 members (excludes halogenated alkanes) is 1. The van der Waals surface area contributed by atoms with Crippen molar-refractivity contribution in [1.82, 2.24) is 5.32 Å². The van der Waals surface area contributed by atoms with Crippen LogP contribution in [0.25, 0.3) is 0 Å². The number of carbonyl (C=O) groups is 1. The molecule has 1 aromatic carbocycles. The molecular weight excluding hydrogens is 462 g/mol. The highest BCUT2D eigenvalue weighted by Crippen LogP contribution is 2.24. The highest BCUT2D eigenvalue weighted by Gasteiger charge is 2.23. The summed E-state index contributed by atoms with van der Waals surface area (Å²) in [6.45, 7) is 0.449. The zero-order valence-corrected chi connectivity index (χ0v) is 14.8. The minimum Gasteiger partial charge on any atom is -0.352 e. The predicted octanol–water partition coefficient (Wildman–Crippen LogP) is 5.23. The molecule has 0 saturated carbocycles. The van der Waals surface area contributed by atoms with E-state index in [9.17, 15) is 18.0 Å². The Labute approximate surface area is 143 Å². The van der Waals surface area contributed by atoms with Gasteiger partial charge in [-0.3, -0.25) is 4.79 Å². The van der Waals surface area contributed by atoms with Crippen LogP contribution in [-0.4, -0.2) is 18.6 Å². The molecule has 0 atom stereocenters. The molecule has 0 aliphatic carbocycles. The van der Waals surface area contributed by atoms with E-state index in [1.54, 1.807) is 46.9 Å². The minimum absolute atomic E-state index is 0.178. The van der Waals surface area contributed by atoms with Crippen LogP contribution in [0.1, 0.15) is 29.6 Å². The molecule has 1 amide bonds. The zero-order valence-electron chi connectivity index (χ0n) is 11.0. The van der Waals surface area contributed by atoms with Gasteiger partial charge in [-0.2, -0.15) is 13.2 Å². The lowest BCUT2D eigenvalue weighted by Gasteiger charge is -2.06. The number of benzene rings is 1. The SMILES string of the molecule is O=C(NCCCCC(I)=CC(F)(F)F)c1ccc(Br)cc1. The van der Waals surface area contributed by atoms with Crippen LogP contribution in [0.4, 0.5) is 13.2 Å². The van der Waals surface area contributed by atoms with E-state index in [2.05, 4.69) is 21.2 Å². The van der Waals surface area contributed by atoms with Gasteiger partial charge in [0.25, 0.3) is 5.91 Å². The van der Waals surface area contributed by atoms with Crippen molar-refractivity contribution in [3.05, 3.63) is 44.0 Å². The zero-order chi connectivity index (χ0) is 15.9. The maximum atomic E-state index is 12.1. The predicted molar refractivity (Wildman–Crippen MR) is 88.5 cm³/mol. The third kappa shape index (κ3) is 8.45. The Hall–Kier alpha value is -0.570. The van der Waals surface area contributed by atoms with Gasteiger partial charge < -0.3 is 5.32 Å². The summed E-state index contributed by atoms with van der Waals surface area (Å²) >= 11 is 4.98. The first-order valence-corrected chi connectivity index (χ1v) is 8.13. The Morgan fingerprint density at radius 3 is 2.43 bits per heavy atom. The molecule has 0 spiro atoms. The highest BCUT2D eigenvalue weighted by molar-refractivity contribution is 14.1. The van der Waals surface area contributed by atoms with Crippen molar-refractivity contribution in [2.75, 3.05) is 6.54 Å². The van der Waals surface area contributed by atoms with Gasteiger partial charge in [0.05, 0.1) is 0 Å². The van der Waals surface area contributed by atoms with Gasteiger partial charge in [0, 0.05) is 22.7 Å². The Morgan fingerprint density at radius 1 is 1.24 bits per heavy atom. The summed E-state index contributed by atoms with van der Waals surface area (Å²) in [5.74, 6) is -0.178. The summed E-state index contributed by atoms with van der Waals surface area (Å²) in [6.07, 6.45) is -2.33. The maximum Gasteiger partial charge on any atom is 0.410 e. The number of rotatable bonds is 6. The van der Waals surface area contributed by atoms with Gasteiger partial charge in [-0.1, -0.05) is 15.9 Å². The van der Waals surface area contributed by atoms with Crippen LogP contribution >= 0.6 is 38.5 Å². The van der Waals surface area contributed by atoms with E-state index in [-0.39, 0.29) is 9.49 Å². The van der Waals surface area contributed by atoms with Gasteiger partial charge in [0.15, 0.2) is 0 Å². The minimum atomic E-state index is -4.26. The van der Waals surface area contributed by atoms with Crippen molar-refractivity contribution in [1.29, 1.82) is 0 Å². The normalized spacial score (nSPS) is 12.3. The monoisotopic (exact) mass is 475 g/mol. The van der Waals surface area contributed by atoms with E-state index < -0.39 is 6.18 Å². The van der Waals surface area contributed by atoms with Gasteiger partial charge >= 0.3 is 6.18 Å². The van der Waals surface area contributed by atoms with E-state index in [4.69, 9.17) is 0 Å². The fraction of sp³-hybridized carbons (Fsp3) is 0.357. The third-order valence-corrected chi connectivity index (χ3v) is 3.93. The van der Waals surface area contributed by atoms with Crippen molar-refractivity contribution in [2.24, 2.45) is 0 Å². The Balaban J connectivity index is 2.24. The molecule has 0 aliphatic rings. The van der Waals surface area contributed by atoms with Crippen LogP contribution in [0.2, 0.25) is 0 Å². The van der Waals surface area contributed by atoms with Crippen LogP contribution in [0.5, 0.6) is 0 Å². The molecule has 0 bridgehead atoms. The fourth-order valence-corrected chi connectivity index (χ4v) is 2.57. The quantitative estimate of drug-likeness (QED) is 0.443. The fourth-order valence-electron chi connectivity index (χ4n) is 1.57. The van der Waals surface area contributed by atoms with Gasteiger partial charge in [-0.25, -0.2) is 0 Å². The summed E-state index contributed by atoms with van der Waals surface area (Å²) in [6, 6.07) is 6.96. The number of alkyl halides is 3. The van der Waals surface area contributed by atoms with E-state index in [1.807, 2.05) is 0 Å². The molecule has 1 aromatic rings. The molecule has 0 saturated heterocycles. The third-order valence-electron chi connectivity index (χ3n) is 2.55.